The first-order valence-electron chi connectivity index (χ1n) is 11.8. The fourth-order valence-corrected chi connectivity index (χ4v) is 4.22. The van der Waals surface area contributed by atoms with E-state index < -0.39 is 12.1 Å². The summed E-state index contributed by atoms with van der Waals surface area (Å²) in [5.74, 6) is -1.52. The van der Waals surface area contributed by atoms with Crippen LogP contribution in [0, 0.1) is 11.3 Å². The minimum Gasteiger partial charge on any atom is -0.486 e. The third-order valence-electron chi connectivity index (χ3n) is 6.38. The van der Waals surface area contributed by atoms with E-state index in [-0.39, 0.29) is 23.7 Å². The molecule has 2 aromatic heterocycles. The van der Waals surface area contributed by atoms with Crippen LogP contribution in [0.25, 0.3) is 11.0 Å². The maximum absolute atomic E-state index is 12.7. The van der Waals surface area contributed by atoms with E-state index in [2.05, 4.69) is 21.1 Å². The van der Waals surface area contributed by atoms with E-state index in [1.165, 1.54) is 0 Å². The Balaban J connectivity index is 0.000000426. The minimum atomic E-state index is -5.08. The van der Waals surface area contributed by atoms with Crippen molar-refractivity contribution in [2.75, 3.05) is 26.3 Å². The number of ether oxygens (including phenoxy) is 2. The lowest BCUT2D eigenvalue weighted by molar-refractivity contribution is -0.192. The van der Waals surface area contributed by atoms with Gasteiger partial charge in [-0.1, -0.05) is 12.1 Å². The molecule has 2 N–H and O–H groups in total. The van der Waals surface area contributed by atoms with Crippen molar-refractivity contribution in [3.05, 3.63) is 52.2 Å². The fraction of sp³-hybridized carbons (Fsp3) is 0.458. The lowest BCUT2D eigenvalue weighted by Crippen LogP contribution is -2.54. The van der Waals surface area contributed by atoms with E-state index >= 15 is 0 Å². The minimum absolute atomic E-state index is 0.000157. The van der Waals surface area contributed by atoms with Gasteiger partial charge in [-0.25, -0.2) is 14.5 Å². The summed E-state index contributed by atoms with van der Waals surface area (Å²) in [4.78, 5) is 31.5. The number of fused-ring (bicyclic) bond motifs is 1. The Morgan fingerprint density at radius 1 is 1.29 bits per heavy atom. The molecule has 5 rings (SSSR count). The second-order valence-electron chi connectivity index (χ2n) is 8.90. The van der Waals surface area contributed by atoms with Crippen LogP contribution >= 0.6 is 0 Å². The number of benzene rings is 1. The molecule has 2 saturated heterocycles. The Labute approximate surface area is 214 Å². The normalized spacial score (nSPS) is 17.7. The maximum atomic E-state index is 12.7. The maximum Gasteiger partial charge on any atom is 0.490 e. The van der Waals surface area contributed by atoms with Crippen molar-refractivity contribution in [1.29, 1.82) is 5.26 Å². The van der Waals surface area contributed by atoms with Gasteiger partial charge in [0.1, 0.15) is 29.1 Å². The highest BCUT2D eigenvalue weighted by atomic mass is 19.4. The zero-order valence-electron chi connectivity index (χ0n) is 20.3. The first-order chi connectivity index (χ1) is 18.1. The predicted octanol–water partition coefficient (Wildman–Crippen LogP) is 2.80. The number of H-pyrrole nitrogens is 1. The topological polar surface area (TPSA) is 146 Å². The van der Waals surface area contributed by atoms with Gasteiger partial charge in [0.15, 0.2) is 5.65 Å². The molecule has 0 amide bonds. The Hall–Kier alpha value is -3.96. The Morgan fingerprint density at radius 3 is 2.58 bits per heavy atom. The van der Waals surface area contributed by atoms with Crippen LogP contribution in [0.3, 0.4) is 0 Å². The first-order valence-corrected chi connectivity index (χ1v) is 11.8. The molecular weight excluding hydrogens is 509 g/mol. The number of carbonyl (C=O) groups is 1. The molecule has 2 aliphatic rings. The molecule has 1 aromatic carbocycles. The van der Waals surface area contributed by atoms with E-state index in [1.54, 1.807) is 12.3 Å². The molecule has 1 unspecified atom stereocenters. The number of aromatic amines is 1. The zero-order valence-corrected chi connectivity index (χ0v) is 20.3. The lowest BCUT2D eigenvalue weighted by Gasteiger charge is -2.42. The Kier molecular flexibility index (Phi) is 7.98. The molecule has 0 aliphatic carbocycles. The highest BCUT2D eigenvalue weighted by Gasteiger charge is 2.38. The number of para-hydroxylation sites is 1. The number of alkyl halides is 3. The van der Waals surface area contributed by atoms with Gasteiger partial charge < -0.3 is 19.6 Å². The molecule has 0 saturated carbocycles. The number of nitriles is 1. The number of hydrogen-bond donors (Lipinski definition) is 2. The van der Waals surface area contributed by atoms with Gasteiger partial charge in [0.05, 0.1) is 23.8 Å². The number of carboxylic acid groups (broad SMARTS) is 1. The third kappa shape index (κ3) is 5.95. The van der Waals surface area contributed by atoms with E-state index in [1.807, 2.05) is 29.8 Å². The van der Waals surface area contributed by atoms with Gasteiger partial charge in [-0.3, -0.25) is 9.69 Å². The van der Waals surface area contributed by atoms with Crippen molar-refractivity contribution in [2.24, 2.45) is 0 Å². The van der Waals surface area contributed by atoms with E-state index in [0.717, 1.165) is 12.8 Å². The van der Waals surface area contributed by atoms with Crippen molar-refractivity contribution >= 4 is 17.0 Å². The number of halogens is 3. The number of carboxylic acids is 1. The molecule has 2 fully saturated rings. The summed E-state index contributed by atoms with van der Waals surface area (Å²) in [6.45, 7) is 4.81. The van der Waals surface area contributed by atoms with Gasteiger partial charge in [-0.15, -0.1) is 0 Å². The van der Waals surface area contributed by atoms with Crippen molar-refractivity contribution < 1.29 is 32.5 Å². The van der Waals surface area contributed by atoms with Crippen LogP contribution in [0.15, 0.2) is 35.3 Å². The smallest absolute Gasteiger partial charge is 0.486 e. The molecule has 202 valence electrons. The second kappa shape index (κ2) is 11.2. The summed E-state index contributed by atoms with van der Waals surface area (Å²) in [6.07, 6.45) is -1.75. The van der Waals surface area contributed by atoms with Crippen molar-refractivity contribution in [1.82, 2.24) is 24.6 Å². The number of nitrogens with one attached hydrogen (secondary N) is 1. The van der Waals surface area contributed by atoms with Gasteiger partial charge in [-0.2, -0.15) is 23.5 Å². The average Bonchev–Trinajstić information content (AvgIpc) is 3.31. The molecule has 1 atom stereocenters. The number of likely N-dealkylation sites (tertiary alicyclic amines) is 1. The molecule has 0 bridgehead atoms. The van der Waals surface area contributed by atoms with E-state index in [0.29, 0.717) is 54.5 Å². The number of aromatic nitrogens is 4. The summed E-state index contributed by atoms with van der Waals surface area (Å²) in [7, 11) is 0. The van der Waals surface area contributed by atoms with Crippen molar-refractivity contribution in [2.45, 2.75) is 44.1 Å². The van der Waals surface area contributed by atoms with Crippen LogP contribution in [-0.2, 0) is 9.53 Å². The number of hydrogen-bond acceptors (Lipinski definition) is 8. The summed E-state index contributed by atoms with van der Waals surface area (Å²) in [6, 6.07) is 9.54. The molecule has 38 heavy (non-hydrogen) atoms. The summed E-state index contributed by atoms with van der Waals surface area (Å²) in [5.41, 5.74) is 1.00. The number of aliphatic carboxylic acids is 1. The summed E-state index contributed by atoms with van der Waals surface area (Å²) in [5, 5.41) is 21.3. The van der Waals surface area contributed by atoms with Crippen LogP contribution < -0.4 is 10.3 Å². The largest absolute Gasteiger partial charge is 0.490 e. The Morgan fingerprint density at radius 2 is 1.95 bits per heavy atom. The van der Waals surface area contributed by atoms with Gasteiger partial charge >= 0.3 is 12.1 Å². The third-order valence-corrected chi connectivity index (χ3v) is 6.38. The highest BCUT2D eigenvalue weighted by Crippen LogP contribution is 2.28. The monoisotopic (exact) mass is 534 g/mol. The van der Waals surface area contributed by atoms with Crippen LogP contribution in [0.2, 0.25) is 0 Å². The molecule has 4 heterocycles. The average molecular weight is 534 g/mol. The standard InChI is InChI=1S/C22H24N6O3.C2HF3O2/c1-14(27-12-17(13-27)31-19-5-3-2-4-15(19)10-23)20-25-21-18(22(29)26-20)11-24-28(21)16-6-8-30-9-7-16;3-2(4,5)1(6)7/h2-5,11,14,16-17H,6-9,12-13H2,1H3,(H,25,26,29);(H,6,7). The molecule has 0 radical (unpaired) electrons. The van der Waals surface area contributed by atoms with E-state index in [9.17, 15) is 23.2 Å². The molecule has 3 aromatic rings. The van der Waals surface area contributed by atoms with Crippen LogP contribution in [0.1, 0.15) is 43.2 Å². The van der Waals surface area contributed by atoms with E-state index in [4.69, 9.17) is 24.4 Å². The number of rotatable bonds is 5. The van der Waals surface area contributed by atoms with Gasteiger partial charge in [0.2, 0.25) is 0 Å². The quantitative estimate of drug-likeness (QED) is 0.504. The van der Waals surface area contributed by atoms with Crippen LogP contribution in [-0.4, -0.2) is 74.3 Å². The van der Waals surface area contributed by atoms with Crippen molar-refractivity contribution in [3.63, 3.8) is 0 Å². The predicted molar refractivity (Wildman–Crippen MR) is 126 cm³/mol. The molecule has 2 aliphatic heterocycles. The summed E-state index contributed by atoms with van der Waals surface area (Å²) >= 11 is 0. The Bertz CT molecular complexity index is 1390. The van der Waals surface area contributed by atoms with Crippen LogP contribution in [0.5, 0.6) is 5.75 Å². The molecule has 14 heteroatoms. The van der Waals surface area contributed by atoms with Crippen LogP contribution in [0.4, 0.5) is 13.2 Å². The zero-order chi connectivity index (χ0) is 27.4. The van der Waals surface area contributed by atoms with Gasteiger partial charge in [0.25, 0.3) is 5.56 Å². The lowest BCUT2D eigenvalue weighted by atomic mass is 10.1. The second-order valence-corrected chi connectivity index (χ2v) is 8.90. The fourth-order valence-electron chi connectivity index (χ4n) is 4.22. The molecule has 11 nitrogen and oxygen atoms in total. The van der Waals surface area contributed by atoms with Gasteiger partial charge in [0, 0.05) is 26.3 Å². The van der Waals surface area contributed by atoms with Gasteiger partial charge in [-0.05, 0) is 31.9 Å². The van der Waals surface area contributed by atoms with Crippen molar-refractivity contribution in [3.8, 4) is 11.8 Å². The number of nitrogens with zero attached hydrogens (tertiary/aromatic N) is 5. The SMILES string of the molecule is CC(c1nc2c(cnn2C2CCOCC2)c(=O)[nH]1)N1CC(Oc2ccccc2C#N)C1.O=C(O)C(F)(F)F. The molecule has 0 spiro atoms. The first kappa shape index (κ1) is 27.1. The highest BCUT2D eigenvalue weighted by molar-refractivity contribution is 5.73. The summed E-state index contributed by atoms with van der Waals surface area (Å²) < 4.78 is 45.1. The molecular formula is C24H25F3N6O5.